The lowest BCUT2D eigenvalue weighted by Crippen LogP contribution is -2.33. The zero-order chi connectivity index (χ0) is 21.9. The average molecular weight is 411 g/mol. The maximum absolute atomic E-state index is 12.3. The van der Waals surface area contributed by atoms with Gasteiger partial charge in [-0.15, -0.1) is 0 Å². The van der Waals surface area contributed by atoms with Crippen LogP contribution in [0.25, 0.3) is 0 Å². The van der Waals surface area contributed by atoms with Crippen LogP contribution >= 0.6 is 0 Å². The Morgan fingerprint density at radius 2 is 1.57 bits per heavy atom. The van der Waals surface area contributed by atoms with Crippen molar-refractivity contribution in [1.82, 2.24) is 5.32 Å². The maximum atomic E-state index is 12.3. The van der Waals surface area contributed by atoms with E-state index >= 15 is 0 Å². The summed E-state index contributed by atoms with van der Waals surface area (Å²) in [5.41, 5.74) is 2.41. The lowest BCUT2D eigenvalue weighted by molar-refractivity contribution is -0.124. The molecule has 0 aliphatic carbocycles. The molecule has 0 radical (unpaired) electrons. The van der Waals surface area contributed by atoms with Gasteiger partial charge in [-0.3, -0.25) is 14.4 Å². The van der Waals surface area contributed by atoms with E-state index < -0.39 is 0 Å². The Morgan fingerprint density at radius 1 is 0.900 bits per heavy atom. The number of amides is 2. The monoisotopic (exact) mass is 410 g/mol. The molecule has 2 rings (SSSR count). The Labute approximate surface area is 178 Å². The molecule has 2 aromatic carbocycles. The van der Waals surface area contributed by atoms with Crippen molar-refractivity contribution >= 4 is 23.3 Å². The summed E-state index contributed by atoms with van der Waals surface area (Å²) >= 11 is 0. The minimum Gasteiger partial charge on any atom is -0.494 e. The van der Waals surface area contributed by atoms with Crippen molar-refractivity contribution in [3.8, 4) is 5.75 Å². The molecular weight excluding hydrogens is 380 g/mol. The highest BCUT2D eigenvalue weighted by atomic mass is 16.5. The average Bonchev–Trinajstić information content (AvgIpc) is 2.72. The fraction of sp³-hybridized carbons (Fsp3) is 0.375. The molecule has 0 fully saturated rings. The molecule has 0 atom stereocenters. The van der Waals surface area contributed by atoms with Gasteiger partial charge in [0.15, 0.2) is 5.78 Å². The molecule has 0 spiro atoms. The zero-order valence-electron chi connectivity index (χ0n) is 17.9. The molecule has 0 heterocycles. The zero-order valence-corrected chi connectivity index (χ0v) is 17.9. The van der Waals surface area contributed by atoms with E-state index in [-0.39, 0.29) is 37.0 Å². The van der Waals surface area contributed by atoms with Gasteiger partial charge in [0.1, 0.15) is 5.75 Å². The first-order valence-electron chi connectivity index (χ1n) is 10.3. The molecule has 30 heavy (non-hydrogen) atoms. The molecule has 160 valence electrons. The number of carbonyl (C=O) groups is 3. The van der Waals surface area contributed by atoms with E-state index in [2.05, 4.69) is 24.5 Å². The first-order chi connectivity index (χ1) is 14.4. The van der Waals surface area contributed by atoms with Gasteiger partial charge in [0.25, 0.3) is 0 Å². The number of rotatable bonds is 11. The number of anilines is 1. The van der Waals surface area contributed by atoms with E-state index in [9.17, 15) is 14.4 Å². The quantitative estimate of drug-likeness (QED) is 0.549. The second-order valence-electron chi connectivity index (χ2n) is 7.50. The van der Waals surface area contributed by atoms with Crippen molar-refractivity contribution in [2.24, 2.45) is 5.92 Å². The Morgan fingerprint density at radius 3 is 2.17 bits per heavy atom. The van der Waals surface area contributed by atoms with Gasteiger partial charge in [0.2, 0.25) is 11.8 Å². The summed E-state index contributed by atoms with van der Waals surface area (Å²) in [6.07, 6.45) is 1.12. The van der Waals surface area contributed by atoms with E-state index in [0.29, 0.717) is 23.8 Å². The molecule has 0 saturated heterocycles. The van der Waals surface area contributed by atoms with Crippen molar-refractivity contribution in [2.45, 2.75) is 40.0 Å². The molecule has 0 aromatic heterocycles. The number of carbonyl (C=O) groups excluding carboxylic acids is 3. The highest BCUT2D eigenvalue weighted by molar-refractivity contribution is 5.99. The van der Waals surface area contributed by atoms with Gasteiger partial charge < -0.3 is 15.4 Å². The van der Waals surface area contributed by atoms with Crippen LogP contribution < -0.4 is 15.4 Å². The predicted octanol–water partition coefficient (Wildman–Crippen LogP) is 4.00. The van der Waals surface area contributed by atoms with Crippen molar-refractivity contribution in [1.29, 1.82) is 0 Å². The summed E-state index contributed by atoms with van der Waals surface area (Å²) in [7, 11) is 0. The molecule has 2 amide bonds. The van der Waals surface area contributed by atoms with Crippen LogP contribution in [0.1, 0.15) is 49.5 Å². The van der Waals surface area contributed by atoms with Gasteiger partial charge >= 0.3 is 0 Å². The van der Waals surface area contributed by atoms with E-state index in [1.54, 1.807) is 24.3 Å². The molecule has 6 nitrogen and oxygen atoms in total. The standard InChI is InChI=1S/C24H30N2O4/c1-4-30-21-11-9-20(10-12-21)26-24(29)16-25-23(28)14-13-22(27)19-7-5-18(6-8-19)15-17(2)3/h5-12,17H,4,13-16H2,1-3H3,(H,25,28)(H,26,29). The topological polar surface area (TPSA) is 84.5 Å². The number of ether oxygens (including phenoxy) is 1. The number of Topliss-reactive ketones (excluding diaryl/α,β-unsaturated/α-hetero) is 1. The number of hydrogen-bond acceptors (Lipinski definition) is 4. The number of hydrogen-bond donors (Lipinski definition) is 2. The molecule has 2 N–H and O–H groups in total. The third-order valence-electron chi connectivity index (χ3n) is 4.39. The highest BCUT2D eigenvalue weighted by Gasteiger charge is 2.11. The third kappa shape index (κ3) is 8.07. The van der Waals surface area contributed by atoms with Gasteiger partial charge in [0.05, 0.1) is 13.2 Å². The van der Waals surface area contributed by atoms with Crippen LogP contribution in [-0.2, 0) is 16.0 Å². The third-order valence-corrected chi connectivity index (χ3v) is 4.39. The first kappa shape index (κ1) is 23.1. The fourth-order valence-corrected chi connectivity index (χ4v) is 2.94. The van der Waals surface area contributed by atoms with Crippen LogP contribution in [0.15, 0.2) is 48.5 Å². The summed E-state index contributed by atoms with van der Waals surface area (Å²) in [6.45, 7) is 6.62. The summed E-state index contributed by atoms with van der Waals surface area (Å²) in [6, 6.07) is 14.5. The normalized spacial score (nSPS) is 10.5. The van der Waals surface area contributed by atoms with Crippen LogP contribution in [0.4, 0.5) is 5.69 Å². The predicted molar refractivity (Wildman–Crippen MR) is 118 cm³/mol. The second kappa shape index (κ2) is 11.8. The van der Waals surface area contributed by atoms with E-state index in [4.69, 9.17) is 4.74 Å². The number of benzene rings is 2. The van der Waals surface area contributed by atoms with Crippen molar-refractivity contribution in [3.63, 3.8) is 0 Å². The Kier molecular flexibility index (Phi) is 9.06. The van der Waals surface area contributed by atoms with Gasteiger partial charge in [0, 0.05) is 24.1 Å². The van der Waals surface area contributed by atoms with Gasteiger partial charge in [-0.2, -0.15) is 0 Å². The molecule has 2 aromatic rings. The van der Waals surface area contributed by atoms with Gasteiger partial charge in [-0.05, 0) is 49.1 Å². The molecular formula is C24H30N2O4. The van der Waals surface area contributed by atoms with Gasteiger partial charge in [-0.1, -0.05) is 38.1 Å². The van der Waals surface area contributed by atoms with Gasteiger partial charge in [-0.25, -0.2) is 0 Å². The lowest BCUT2D eigenvalue weighted by atomic mass is 9.99. The summed E-state index contributed by atoms with van der Waals surface area (Å²) in [4.78, 5) is 36.2. The van der Waals surface area contributed by atoms with Crippen LogP contribution in [0.2, 0.25) is 0 Å². The van der Waals surface area contributed by atoms with E-state index in [1.807, 2.05) is 31.2 Å². The molecule has 0 aliphatic heterocycles. The summed E-state index contributed by atoms with van der Waals surface area (Å²) in [5, 5.41) is 5.24. The molecule has 0 aliphatic rings. The maximum Gasteiger partial charge on any atom is 0.243 e. The lowest BCUT2D eigenvalue weighted by Gasteiger charge is -2.08. The van der Waals surface area contributed by atoms with Crippen molar-refractivity contribution in [2.75, 3.05) is 18.5 Å². The highest BCUT2D eigenvalue weighted by Crippen LogP contribution is 2.15. The van der Waals surface area contributed by atoms with E-state index in [0.717, 1.165) is 12.2 Å². The van der Waals surface area contributed by atoms with Crippen LogP contribution in [0, 0.1) is 5.92 Å². The van der Waals surface area contributed by atoms with Crippen molar-refractivity contribution in [3.05, 3.63) is 59.7 Å². The Bertz CT molecular complexity index is 843. The minimum atomic E-state index is -0.334. The Balaban J connectivity index is 1.71. The largest absolute Gasteiger partial charge is 0.494 e. The summed E-state index contributed by atoms with van der Waals surface area (Å²) < 4.78 is 5.35. The second-order valence-corrected chi connectivity index (χ2v) is 7.50. The summed E-state index contributed by atoms with van der Waals surface area (Å²) in [5.74, 6) is 0.534. The number of nitrogens with one attached hydrogen (secondary N) is 2. The molecule has 0 saturated carbocycles. The first-order valence-corrected chi connectivity index (χ1v) is 10.3. The molecule has 0 unspecified atom stereocenters. The molecule has 6 heteroatoms. The molecule has 0 bridgehead atoms. The van der Waals surface area contributed by atoms with Crippen molar-refractivity contribution < 1.29 is 19.1 Å². The number of ketones is 1. The van der Waals surface area contributed by atoms with Crippen LogP contribution in [-0.4, -0.2) is 30.7 Å². The van der Waals surface area contributed by atoms with Crippen LogP contribution in [0.3, 0.4) is 0 Å². The Hall–Kier alpha value is -3.15. The smallest absolute Gasteiger partial charge is 0.243 e. The fourth-order valence-electron chi connectivity index (χ4n) is 2.94. The SMILES string of the molecule is CCOc1ccc(NC(=O)CNC(=O)CCC(=O)c2ccc(CC(C)C)cc2)cc1. The minimum absolute atomic E-state index is 0.0446. The van der Waals surface area contributed by atoms with Crippen LogP contribution in [0.5, 0.6) is 5.75 Å². The van der Waals surface area contributed by atoms with E-state index in [1.165, 1.54) is 5.56 Å².